The van der Waals surface area contributed by atoms with Crippen LogP contribution in [0.4, 0.5) is 4.79 Å². The molecule has 0 radical (unpaired) electrons. The van der Waals surface area contributed by atoms with Gasteiger partial charge in [-0.15, -0.1) is 0 Å². The molecule has 2 amide bonds. The monoisotopic (exact) mass is 302 g/mol. The van der Waals surface area contributed by atoms with Gasteiger partial charge in [-0.05, 0) is 30.9 Å². The number of urea groups is 1. The molecule has 5 nitrogen and oxygen atoms in total. The Hall–Kier alpha value is -0.910. The lowest BCUT2D eigenvalue weighted by Crippen LogP contribution is -2.47. The number of hydrogen-bond donors (Lipinski definition) is 1. The molecule has 1 fully saturated rings. The minimum absolute atomic E-state index is 0.0753. The molecule has 20 heavy (non-hydrogen) atoms. The Kier molecular flexibility index (Phi) is 7.19. The molecule has 1 saturated heterocycles. The SMILES string of the molecule is CSCCN(C)C(=O)N1CCCC(C(C)CC(=O)O)C1. The third kappa shape index (κ3) is 5.23. The van der Waals surface area contributed by atoms with Crippen molar-refractivity contribution in [1.29, 1.82) is 0 Å². The highest BCUT2D eigenvalue weighted by atomic mass is 32.2. The summed E-state index contributed by atoms with van der Waals surface area (Å²) in [5, 5.41) is 8.88. The first kappa shape index (κ1) is 17.1. The second kappa shape index (κ2) is 8.39. The summed E-state index contributed by atoms with van der Waals surface area (Å²) in [6, 6.07) is 0.0753. The van der Waals surface area contributed by atoms with Crippen molar-refractivity contribution in [2.75, 3.05) is 38.7 Å². The van der Waals surface area contributed by atoms with E-state index in [0.717, 1.165) is 31.7 Å². The molecule has 0 aromatic rings. The van der Waals surface area contributed by atoms with E-state index in [1.807, 2.05) is 25.1 Å². The molecule has 1 heterocycles. The van der Waals surface area contributed by atoms with Crippen LogP contribution in [-0.2, 0) is 4.79 Å². The van der Waals surface area contributed by atoms with Crippen LogP contribution in [0.2, 0.25) is 0 Å². The summed E-state index contributed by atoms with van der Waals surface area (Å²) < 4.78 is 0. The molecule has 0 saturated carbocycles. The molecule has 2 atom stereocenters. The third-order valence-electron chi connectivity index (χ3n) is 3.99. The second-order valence-corrected chi connectivity index (χ2v) is 6.61. The minimum atomic E-state index is -0.752. The summed E-state index contributed by atoms with van der Waals surface area (Å²) in [5.74, 6) is 0.616. The van der Waals surface area contributed by atoms with Crippen molar-refractivity contribution in [3.05, 3.63) is 0 Å². The predicted molar refractivity (Wildman–Crippen MR) is 82.1 cm³/mol. The Labute approximate surface area is 125 Å². The van der Waals surface area contributed by atoms with E-state index in [9.17, 15) is 9.59 Å². The maximum atomic E-state index is 12.3. The highest BCUT2D eigenvalue weighted by Crippen LogP contribution is 2.26. The van der Waals surface area contributed by atoms with Crippen LogP contribution in [0.5, 0.6) is 0 Å². The summed E-state index contributed by atoms with van der Waals surface area (Å²) in [6.45, 7) is 4.21. The number of carbonyl (C=O) groups is 2. The zero-order valence-electron chi connectivity index (χ0n) is 12.7. The molecule has 1 rings (SSSR count). The van der Waals surface area contributed by atoms with Gasteiger partial charge in [0.25, 0.3) is 0 Å². The first-order valence-corrected chi connectivity index (χ1v) is 8.55. The van der Waals surface area contributed by atoms with Crippen LogP contribution in [0, 0.1) is 11.8 Å². The minimum Gasteiger partial charge on any atom is -0.481 e. The van der Waals surface area contributed by atoms with E-state index in [-0.39, 0.29) is 18.4 Å². The fourth-order valence-corrected chi connectivity index (χ4v) is 3.11. The van der Waals surface area contributed by atoms with Crippen LogP contribution in [0.3, 0.4) is 0 Å². The van der Waals surface area contributed by atoms with Crippen molar-refractivity contribution in [2.45, 2.75) is 26.2 Å². The number of likely N-dealkylation sites (tertiary alicyclic amines) is 1. The van der Waals surface area contributed by atoms with Crippen LogP contribution in [0.15, 0.2) is 0 Å². The second-order valence-electron chi connectivity index (χ2n) is 5.62. The molecule has 6 heteroatoms. The molecule has 1 aliphatic heterocycles. The fourth-order valence-electron chi connectivity index (χ4n) is 2.66. The average molecular weight is 302 g/mol. The van der Waals surface area contributed by atoms with Gasteiger partial charge < -0.3 is 14.9 Å². The molecule has 0 bridgehead atoms. The van der Waals surface area contributed by atoms with Crippen molar-refractivity contribution in [1.82, 2.24) is 9.80 Å². The maximum Gasteiger partial charge on any atom is 0.319 e. The number of hydrogen-bond acceptors (Lipinski definition) is 3. The van der Waals surface area contributed by atoms with Crippen LogP contribution in [-0.4, -0.2) is 65.6 Å². The molecule has 2 unspecified atom stereocenters. The van der Waals surface area contributed by atoms with E-state index >= 15 is 0 Å². The number of carboxylic acids is 1. The predicted octanol–water partition coefficient (Wildman–Crippen LogP) is 2.22. The number of thioether (sulfide) groups is 1. The molecule has 0 aromatic carbocycles. The molecule has 0 spiro atoms. The number of carbonyl (C=O) groups excluding carboxylic acids is 1. The Morgan fingerprint density at radius 3 is 2.80 bits per heavy atom. The van der Waals surface area contributed by atoms with Gasteiger partial charge in [0.2, 0.25) is 0 Å². The van der Waals surface area contributed by atoms with Crippen molar-refractivity contribution < 1.29 is 14.7 Å². The van der Waals surface area contributed by atoms with Gasteiger partial charge in [-0.3, -0.25) is 4.79 Å². The van der Waals surface area contributed by atoms with E-state index < -0.39 is 5.97 Å². The number of aliphatic carboxylic acids is 1. The molecular formula is C14H26N2O3S. The van der Waals surface area contributed by atoms with Crippen molar-refractivity contribution in [3.8, 4) is 0 Å². The Bertz CT molecular complexity index is 338. The van der Waals surface area contributed by atoms with Crippen LogP contribution in [0.25, 0.3) is 0 Å². The van der Waals surface area contributed by atoms with Gasteiger partial charge in [-0.1, -0.05) is 6.92 Å². The summed E-state index contributed by atoms with van der Waals surface area (Å²) in [5.41, 5.74) is 0. The standard InChI is InChI=1S/C14H26N2O3S/c1-11(9-13(17)18)12-5-4-6-16(10-12)14(19)15(2)7-8-20-3/h11-12H,4-10H2,1-3H3,(H,17,18). The third-order valence-corrected chi connectivity index (χ3v) is 4.58. The van der Waals surface area contributed by atoms with Crippen molar-refractivity contribution >= 4 is 23.8 Å². The highest BCUT2D eigenvalue weighted by Gasteiger charge is 2.29. The Balaban J connectivity index is 2.51. The zero-order valence-corrected chi connectivity index (χ0v) is 13.5. The molecule has 1 aliphatic rings. The molecule has 0 aromatic heterocycles. The number of amides is 2. The lowest BCUT2D eigenvalue weighted by molar-refractivity contribution is -0.138. The first-order valence-electron chi connectivity index (χ1n) is 7.16. The van der Waals surface area contributed by atoms with Gasteiger partial charge in [-0.25, -0.2) is 4.79 Å². The molecule has 1 N–H and O–H groups in total. The number of piperidine rings is 1. The van der Waals surface area contributed by atoms with E-state index in [4.69, 9.17) is 5.11 Å². The van der Waals surface area contributed by atoms with Crippen molar-refractivity contribution in [2.24, 2.45) is 11.8 Å². The molecule has 0 aliphatic carbocycles. The molecule has 116 valence electrons. The quantitative estimate of drug-likeness (QED) is 0.817. The lowest BCUT2D eigenvalue weighted by Gasteiger charge is -2.37. The van der Waals surface area contributed by atoms with Gasteiger partial charge in [0.15, 0.2) is 0 Å². The summed E-state index contributed by atoms with van der Waals surface area (Å²) in [4.78, 5) is 26.8. The van der Waals surface area contributed by atoms with E-state index in [2.05, 4.69) is 0 Å². The lowest BCUT2D eigenvalue weighted by atomic mass is 9.85. The van der Waals surface area contributed by atoms with E-state index in [0.29, 0.717) is 12.5 Å². The number of carboxylic acid groups (broad SMARTS) is 1. The normalized spacial score (nSPS) is 20.6. The largest absolute Gasteiger partial charge is 0.481 e. The van der Waals surface area contributed by atoms with Gasteiger partial charge >= 0.3 is 12.0 Å². The van der Waals surface area contributed by atoms with Gasteiger partial charge in [0.05, 0.1) is 0 Å². The van der Waals surface area contributed by atoms with E-state index in [1.165, 1.54) is 0 Å². The zero-order chi connectivity index (χ0) is 15.1. The van der Waals surface area contributed by atoms with Gasteiger partial charge in [0.1, 0.15) is 0 Å². The average Bonchev–Trinajstić information content (AvgIpc) is 2.43. The van der Waals surface area contributed by atoms with Gasteiger partial charge in [-0.2, -0.15) is 11.8 Å². The Morgan fingerprint density at radius 2 is 2.20 bits per heavy atom. The maximum absolute atomic E-state index is 12.3. The summed E-state index contributed by atoms with van der Waals surface area (Å²) in [6.07, 6.45) is 4.21. The van der Waals surface area contributed by atoms with E-state index in [1.54, 1.807) is 16.7 Å². The summed E-state index contributed by atoms with van der Waals surface area (Å²) >= 11 is 1.73. The first-order chi connectivity index (χ1) is 9.45. The highest BCUT2D eigenvalue weighted by molar-refractivity contribution is 7.98. The Morgan fingerprint density at radius 1 is 1.50 bits per heavy atom. The topological polar surface area (TPSA) is 60.9 Å². The number of nitrogens with zero attached hydrogens (tertiary/aromatic N) is 2. The summed E-state index contributed by atoms with van der Waals surface area (Å²) in [7, 11) is 1.84. The number of rotatable bonds is 6. The molecular weight excluding hydrogens is 276 g/mol. The fraction of sp³-hybridized carbons (Fsp3) is 0.857. The smallest absolute Gasteiger partial charge is 0.319 e. The van der Waals surface area contributed by atoms with Crippen molar-refractivity contribution in [3.63, 3.8) is 0 Å². The van der Waals surface area contributed by atoms with Crippen LogP contribution < -0.4 is 0 Å². The van der Waals surface area contributed by atoms with Gasteiger partial charge in [0, 0.05) is 38.9 Å². The van der Waals surface area contributed by atoms with Crippen LogP contribution in [0.1, 0.15) is 26.2 Å². The van der Waals surface area contributed by atoms with Crippen LogP contribution >= 0.6 is 11.8 Å².